The third-order valence-corrected chi connectivity index (χ3v) is 4.94. The molecule has 1 saturated heterocycles. The first-order chi connectivity index (χ1) is 11.3. The molecule has 0 radical (unpaired) electrons. The van der Waals surface area contributed by atoms with Crippen molar-refractivity contribution in [3.63, 3.8) is 0 Å². The highest BCUT2D eigenvalue weighted by atomic mass is 16.3. The van der Waals surface area contributed by atoms with Crippen LogP contribution in [0.25, 0.3) is 10.8 Å². The summed E-state index contributed by atoms with van der Waals surface area (Å²) in [6.45, 7) is 2.96. The fourth-order valence-corrected chi connectivity index (χ4v) is 3.69. The molecule has 0 aliphatic carbocycles. The predicted molar refractivity (Wildman–Crippen MR) is 94.7 cm³/mol. The maximum Gasteiger partial charge on any atom is 0.120 e. The van der Waals surface area contributed by atoms with Crippen LogP contribution in [0.5, 0.6) is 5.75 Å². The Morgan fingerprint density at radius 2 is 1.70 bits per heavy atom. The van der Waals surface area contributed by atoms with Gasteiger partial charge in [0.15, 0.2) is 0 Å². The summed E-state index contributed by atoms with van der Waals surface area (Å²) in [4.78, 5) is 2.46. The van der Waals surface area contributed by atoms with Gasteiger partial charge in [-0.15, -0.1) is 0 Å². The molecule has 2 heteroatoms. The van der Waals surface area contributed by atoms with Crippen LogP contribution < -0.4 is 0 Å². The topological polar surface area (TPSA) is 23.5 Å². The first-order valence-electron chi connectivity index (χ1n) is 8.28. The number of phenolic OH excluding ortho intramolecular Hbond substituents is 1. The Labute approximate surface area is 137 Å². The summed E-state index contributed by atoms with van der Waals surface area (Å²) in [7, 11) is 0. The van der Waals surface area contributed by atoms with Crippen LogP contribution in [0.3, 0.4) is 0 Å². The largest absolute Gasteiger partial charge is 0.508 e. The molecule has 2 nitrogen and oxygen atoms in total. The van der Waals surface area contributed by atoms with Gasteiger partial charge in [-0.3, -0.25) is 4.90 Å². The fourth-order valence-electron chi connectivity index (χ4n) is 3.69. The molecule has 1 fully saturated rings. The van der Waals surface area contributed by atoms with Crippen LogP contribution in [0.1, 0.15) is 23.5 Å². The number of likely N-dealkylation sites (tertiary alicyclic amines) is 1. The summed E-state index contributed by atoms with van der Waals surface area (Å²) in [6.07, 6.45) is 1.19. The number of hydrogen-bond acceptors (Lipinski definition) is 2. The quantitative estimate of drug-likeness (QED) is 0.768. The van der Waals surface area contributed by atoms with E-state index in [2.05, 4.69) is 47.4 Å². The number of nitrogens with zero attached hydrogens (tertiary/aromatic N) is 1. The predicted octanol–water partition coefficient (Wildman–Crippen LogP) is 4.53. The van der Waals surface area contributed by atoms with Gasteiger partial charge in [-0.2, -0.15) is 0 Å². The second-order valence-corrected chi connectivity index (χ2v) is 6.42. The van der Waals surface area contributed by atoms with Crippen LogP contribution in [0, 0.1) is 0 Å². The summed E-state index contributed by atoms with van der Waals surface area (Å²) >= 11 is 0. The normalized spacial score (nSPS) is 18.5. The minimum atomic E-state index is 0.409. The van der Waals surface area contributed by atoms with Crippen LogP contribution in [0.2, 0.25) is 0 Å². The summed E-state index contributed by atoms with van der Waals surface area (Å²) < 4.78 is 0. The molecule has 0 spiro atoms. The monoisotopic (exact) mass is 303 g/mol. The minimum Gasteiger partial charge on any atom is -0.508 e. The van der Waals surface area contributed by atoms with E-state index in [0.717, 1.165) is 30.6 Å². The molecule has 1 heterocycles. The van der Waals surface area contributed by atoms with Crippen molar-refractivity contribution in [2.45, 2.75) is 18.9 Å². The van der Waals surface area contributed by atoms with Crippen LogP contribution in [-0.4, -0.2) is 23.1 Å². The maximum absolute atomic E-state index is 10.3. The van der Waals surface area contributed by atoms with Crippen molar-refractivity contribution in [3.05, 3.63) is 77.9 Å². The second kappa shape index (κ2) is 6.05. The van der Waals surface area contributed by atoms with Crippen LogP contribution in [-0.2, 0) is 6.54 Å². The van der Waals surface area contributed by atoms with Crippen molar-refractivity contribution < 1.29 is 5.11 Å². The van der Waals surface area contributed by atoms with Crippen molar-refractivity contribution in [2.75, 3.05) is 13.1 Å². The summed E-state index contributed by atoms with van der Waals surface area (Å²) in [5.74, 6) is 1.01. The van der Waals surface area contributed by atoms with E-state index >= 15 is 0 Å². The SMILES string of the molecule is Oc1ccc2ccccc2c1CN1CC[C@@H](c2ccccc2)C1. The Bertz CT molecular complexity index is 812. The fraction of sp³-hybridized carbons (Fsp3) is 0.238. The van der Waals surface area contributed by atoms with E-state index in [-0.39, 0.29) is 0 Å². The smallest absolute Gasteiger partial charge is 0.120 e. The number of phenols is 1. The van der Waals surface area contributed by atoms with Crippen molar-refractivity contribution in [3.8, 4) is 5.75 Å². The zero-order valence-electron chi connectivity index (χ0n) is 13.2. The van der Waals surface area contributed by atoms with Gasteiger partial charge in [-0.25, -0.2) is 0 Å². The Kier molecular flexibility index (Phi) is 3.76. The van der Waals surface area contributed by atoms with Gasteiger partial charge in [0, 0.05) is 18.7 Å². The lowest BCUT2D eigenvalue weighted by Gasteiger charge is -2.18. The van der Waals surface area contributed by atoms with E-state index in [4.69, 9.17) is 0 Å². The Morgan fingerprint density at radius 1 is 0.913 bits per heavy atom. The van der Waals surface area contributed by atoms with E-state index in [0.29, 0.717) is 11.7 Å². The van der Waals surface area contributed by atoms with Crippen LogP contribution in [0.15, 0.2) is 66.7 Å². The molecule has 116 valence electrons. The molecule has 0 unspecified atom stereocenters. The van der Waals surface area contributed by atoms with E-state index in [9.17, 15) is 5.11 Å². The number of benzene rings is 3. The van der Waals surface area contributed by atoms with Crippen LogP contribution in [0.4, 0.5) is 0 Å². The van der Waals surface area contributed by atoms with Gasteiger partial charge in [0.1, 0.15) is 5.75 Å². The molecule has 1 aliphatic rings. The van der Waals surface area contributed by atoms with Gasteiger partial charge >= 0.3 is 0 Å². The third-order valence-electron chi connectivity index (χ3n) is 4.94. The van der Waals surface area contributed by atoms with Crippen molar-refractivity contribution in [2.24, 2.45) is 0 Å². The molecule has 0 aromatic heterocycles. The summed E-state index contributed by atoms with van der Waals surface area (Å²) in [6, 6.07) is 22.9. The molecule has 1 aliphatic heterocycles. The van der Waals surface area contributed by atoms with Gasteiger partial charge in [0.25, 0.3) is 0 Å². The van der Waals surface area contributed by atoms with Gasteiger partial charge in [-0.05, 0) is 41.3 Å². The van der Waals surface area contributed by atoms with Crippen molar-refractivity contribution in [1.82, 2.24) is 4.90 Å². The van der Waals surface area contributed by atoms with Gasteiger partial charge in [0.2, 0.25) is 0 Å². The highest BCUT2D eigenvalue weighted by Crippen LogP contribution is 2.32. The Hall–Kier alpha value is -2.32. The first kappa shape index (κ1) is 14.3. The highest BCUT2D eigenvalue weighted by Gasteiger charge is 2.24. The third kappa shape index (κ3) is 2.82. The molecule has 1 N–H and O–H groups in total. The summed E-state index contributed by atoms with van der Waals surface area (Å²) in [5.41, 5.74) is 2.48. The number of rotatable bonds is 3. The van der Waals surface area contributed by atoms with Crippen LogP contribution >= 0.6 is 0 Å². The lowest BCUT2D eigenvalue weighted by Crippen LogP contribution is -2.20. The zero-order valence-corrected chi connectivity index (χ0v) is 13.2. The van der Waals surface area contributed by atoms with E-state index in [1.165, 1.54) is 17.4 Å². The zero-order chi connectivity index (χ0) is 15.6. The minimum absolute atomic E-state index is 0.409. The molecule has 1 atom stereocenters. The lowest BCUT2D eigenvalue weighted by atomic mass is 9.99. The van der Waals surface area contributed by atoms with Gasteiger partial charge < -0.3 is 5.11 Å². The molecule has 3 aromatic rings. The summed E-state index contributed by atoms with van der Waals surface area (Å²) in [5, 5.41) is 12.7. The van der Waals surface area contributed by atoms with E-state index in [1.807, 2.05) is 24.3 Å². The number of hydrogen-bond donors (Lipinski definition) is 1. The molecule has 0 bridgehead atoms. The molecule has 4 rings (SSSR count). The number of aromatic hydroxyl groups is 1. The molecular weight excluding hydrogens is 282 g/mol. The van der Waals surface area contributed by atoms with E-state index < -0.39 is 0 Å². The molecule has 0 saturated carbocycles. The highest BCUT2D eigenvalue weighted by molar-refractivity contribution is 5.87. The average molecular weight is 303 g/mol. The molecular formula is C21H21NO. The van der Waals surface area contributed by atoms with Crippen molar-refractivity contribution in [1.29, 1.82) is 0 Å². The first-order valence-corrected chi connectivity index (χ1v) is 8.28. The standard InChI is InChI=1S/C21H21NO/c23-21-11-10-17-8-4-5-9-19(17)20(21)15-22-13-12-18(14-22)16-6-2-1-3-7-16/h1-11,18,23H,12-15H2/t18-/m1/s1. The van der Waals surface area contributed by atoms with E-state index in [1.54, 1.807) is 0 Å². The lowest BCUT2D eigenvalue weighted by molar-refractivity contribution is 0.321. The average Bonchev–Trinajstić information content (AvgIpc) is 3.07. The second-order valence-electron chi connectivity index (χ2n) is 6.42. The molecule has 23 heavy (non-hydrogen) atoms. The Balaban J connectivity index is 1.57. The van der Waals surface area contributed by atoms with Gasteiger partial charge in [0.05, 0.1) is 0 Å². The molecule has 0 amide bonds. The Morgan fingerprint density at radius 3 is 2.57 bits per heavy atom. The molecule has 3 aromatic carbocycles. The number of fused-ring (bicyclic) bond motifs is 1. The van der Waals surface area contributed by atoms with Gasteiger partial charge in [-0.1, -0.05) is 60.7 Å². The maximum atomic E-state index is 10.3. The van der Waals surface area contributed by atoms with Crippen molar-refractivity contribution >= 4 is 10.8 Å².